The fourth-order valence-electron chi connectivity index (χ4n) is 2.77. The largest absolute Gasteiger partial charge is 0.497 e. The van der Waals surface area contributed by atoms with E-state index in [-0.39, 0.29) is 30.9 Å². The first-order valence-corrected chi connectivity index (χ1v) is 8.96. The molecule has 0 fully saturated rings. The smallest absolute Gasteiger partial charge is 0.279 e. The van der Waals surface area contributed by atoms with Gasteiger partial charge in [0.15, 0.2) is 13.1 Å². The fourth-order valence-corrected chi connectivity index (χ4v) is 2.77. The number of carbonyl (C=O) groups is 2. The van der Waals surface area contributed by atoms with Gasteiger partial charge in [0.2, 0.25) is 0 Å². The lowest BCUT2D eigenvalue weighted by atomic mass is 10.1. The molecule has 144 valence electrons. The topological polar surface area (TPSA) is 63.1 Å². The van der Waals surface area contributed by atoms with Gasteiger partial charge in [-0.25, -0.2) is 0 Å². The second-order valence-electron chi connectivity index (χ2n) is 6.68. The summed E-state index contributed by atoms with van der Waals surface area (Å²) >= 11 is 0. The van der Waals surface area contributed by atoms with E-state index in [1.165, 1.54) is 0 Å². The van der Waals surface area contributed by atoms with Gasteiger partial charge in [0.25, 0.3) is 11.8 Å². The summed E-state index contributed by atoms with van der Waals surface area (Å²) in [5.74, 6) is 0.599. The van der Waals surface area contributed by atoms with Crippen LogP contribution in [0.25, 0.3) is 0 Å². The fraction of sp³-hybridized carbons (Fsp3) is 0.333. The molecule has 2 amide bonds. The number of amides is 2. The van der Waals surface area contributed by atoms with Crippen LogP contribution in [-0.2, 0) is 9.59 Å². The van der Waals surface area contributed by atoms with E-state index in [9.17, 15) is 9.59 Å². The maximum absolute atomic E-state index is 12.5. The molecule has 0 aliphatic heterocycles. The van der Waals surface area contributed by atoms with E-state index in [1.807, 2.05) is 44.3 Å². The zero-order valence-corrected chi connectivity index (χ0v) is 16.4. The highest BCUT2D eigenvalue weighted by Gasteiger charge is 2.21. The monoisotopic (exact) mass is 370 g/mol. The molecule has 0 aromatic heterocycles. The van der Waals surface area contributed by atoms with E-state index in [2.05, 4.69) is 5.32 Å². The highest BCUT2D eigenvalue weighted by atomic mass is 16.5. The van der Waals surface area contributed by atoms with Gasteiger partial charge >= 0.3 is 0 Å². The van der Waals surface area contributed by atoms with Crippen molar-refractivity contribution in [1.82, 2.24) is 4.90 Å². The number of benzene rings is 2. The van der Waals surface area contributed by atoms with Crippen molar-refractivity contribution in [3.8, 4) is 5.75 Å². The van der Waals surface area contributed by atoms with E-state index in [0.29, 0.717) is 5.69 Å². The number of likely N-dealkylation sites (N-methyl/N-ethyl adjacent to an activating group) is 2. The molecular weight excluding hydrogens is 342 g/mol. The number of carbonyl (C=O) groups excluding carboxylic acids is 2. The van der Waals surface area contributed by atoms with E-state index in [4.69, 9.17) is 4.74 Å². The van der Waals surface area contributed by atoms with Gasteiger partial charge in [-0.15, -0.1) is 0 Å². The van der Waals surface area contributed by atoms with Crippen LogP contribution in [0.4, 0.5) is 5.69 Å². The van der Waals surface area contributed by atoms with Crippen LogP contribution in [0, 0.1) is 0 Å². The number of nitrogens with zero attached hydrogens (tertiary/aromatic N) is 1. The quantitative estimate of drug-likeness (QED) is 0.738. The average molecular weight is 370 g/mol. The lowest BCUT2D eigenvalue weighted by Crippen LogP contribution is -3.11. The summed E-state index contributed by atoms with van der Waals surface area (Å²) in [6.07, 6.45) is 0. The summed E-state index contributed by atoms with van der Waals surface area (Å²) < 4.78 is 5.10. The molecule has 2 aromatic rings. The first-order chi connectivity index (χ1) is 12.9. The Labute approximate surface area is 160 Å². The summed E-state index contributed by atoms with van der Waals surface area (Å²) in [7, 11) is 5.23. The van der Waals surface area contributed by atoms with Gasteiger partial charge in [0.05, 0.1) is 20.2 Å². The maximum Gasteiger partial charge on any atom is 0.279 e. The van der Waals surface area contributed by atoms with Crippen molar-refractivity contribution < 1.29 is 19.2 Å². The summed E-state index contributed by atoms with van der Waals surface area (Å²) in [6, 6.07) is 17.0. The zero-order chi connectivity index (χ0) is 19.8. The van der Waals surface area contributed by atoms with Gasteiger partial charge in [-0.2, -0.15) is 0 Å². The predicted molar refractivity (Wildman–Crippen MR) is 106 cm³/mol. The Morgan fingerprint density at radius 3 is 2.30 bits per heavy atom. The zero-order valence-electron chi connectivity index (χ0n) is 16.4. The van der Waals surface area contributed by atoms with Crippen molar-refractivity contribution in [1.29, 1.82) is 0 Å². The Balaban J connectivity index is 1.83. The molecule has 0 heterocycles. The summed E-state index contributed by atoms with van der Waals surface area (Å²) in [5, 5.41) is 2.83. The Bertz CT molecular complexity index is 747. The molecule has 0 saturated heterocycles. The van der Waals surface area contributed by atoms with Crippen molar-refractivity contribution in [3.63, 3.8) is 0 Å². The number of ether oxygens (including phenoxy) is 1. The van der Waals surface area contributed by atoms with Crippen LogP contribution in [0.5, 0.6) is 5.75 Å². The highest BCUT2D eigenvalue weighted by molar-refractivity contribution is 5.91. The van der Waals surface area contributed by atoms with E-state index in [0.717, 1.165) is 16.2 Å². The Morgan fingerprint density at radius 1 is 1.07 bits per heavy atom. The molecule has 0 aliphatic rings. The second kappa shape index (κ2) is 9.73. The number of nitrogens with one attached hydrogen (secondary N) is 2. The average Bonchev–Trinajstić information content (AvgIpc) is 2.67. The van der Waals surface area contributed by atoms with Crippen molar-refractivity contribution in [2.75, 3.05) is 39.6 Å². The van der Waals surface area contributed by atoms with E-state index >= 15 is 0 Å². The summed E-state index contributed by atoms with van der Waals surface area (Å²) in [5.41, 5.74) is 1.79. The molecule has 2 aromatic carbocycles. The third-order valence-corrected chi connectivity index (χ3v) is 4.55. The molecule has 1 unspecified atom stereocenters. The molecule has 27 heavy (non-hydrogen) atoms. The molecule has 0 bridgehead atoms. The number of hydrogen-bond donors (Lipinski definition) is 2. The first-order valence-electron chi connectivity index (χ1n) is 8.96. The van der Waals surface area contributed by atoms with Crippen LogP contribution in [-0.4, -0.2) is 51.0 Å². The minimum absolute atomic E-state index is 0.00102. The standard InChI is InChI=1S/C21H27N3O3/c1-16(17-8-6-5-7-9-17)24(3)21(26)15-23(2)14-20(25)22-18-10-12-19(27-4)13-11-18/h5-13,16H,14-15H2,1-4H3,(H,22,25)/p+1/t16-/m1/s1. The van der Waals surface area contributed by atoms with Crippen molar-refractivity contribution in [3.05, 3.63) is 60.2 Å². The first kappa shape index (κ1) is 20.5. The SMILES string of the molecule is COc1ccc(NC(=O)C[NH+](C)CC(=O)N(C)[C@H](C)c2ccccc2)cc1. The molecule has 0 aliphatic carbocycles. The Hall–Kier alpha value is -2.86. The van der Waals surface area contributed by atoms with E-state index < -0.39 is 0 Å². The molecule has 0 radical (unpaired) electrons. The van der Waals surface area contributed by atoms with Crippen molar-refractivity contribution in [2.45, 2.75) is 13.0 Å². The van der Waals surface area contributed by atoms with Crippen molar-refractivity contribution >= 4 is 17.5 Å². The Morgan fingerprint density at radius 2 is 1.70 bits per heavy atom. The molecule has 2 N–H and O–H groups in total. The van der Waals surface area contributed by atoms with Crippen LogP contribution >= 0.6 is 0 Å². The molecule has 2 atom stereocenters. The predicted octanol–water partition coefficient (Wildman–Crippen LogP) is 1.37. The molecular formula is C21H28N3O3+. The molecule has 6 nitrogen and oxygen atoms in total. The minimum Gasteiger partial charge on any atom is -0.497 e. The van der Waals surface area contributed by atoms with Crippen LogP contribution < -0.4 is 15.0 Å². The number of methoxy groups -OCH3 is 1. The minimum atomic E-state index is -0.135. The van der Waals surface area contributed by atoms with Gasteiger partial charge in [0, 0.05) is 12.7 Å². The summed E-state index contributed by atoms with van der Waals surface area (Å²) in [6.45, 7) is 2.47. The number of anilines is 1. The second-order valence-corrected chi connectivity index (χ2v) is 6.68. The lowest BCUT2D eigenvalue weighted by molar-refractivity contribution is -0.862. The van der Waals surface area contributed by atoms with Crippen LogP contribution in [0.1, 0.15) is 18.5 Å². The van der Waals surface area contributed by atoms with Crippen molar-refractivity contribution in [2.24, 2.45) is 0 Å². The number of quaternary nitrogens is 1. The van der Waals surface area contributed by atoms with Crippen LogP contribution in [0.2, 0.25) is 0 Å². The van der Waals surface area contributed by atoms with Gasteiger partial charge in [0.1, 0.15) is 5.75 Å². The highest BCUT2D eigenvalue weighted by Crippen LogP contribution is 2.17. The van der Waals surface area contributed by atoms with Crippen LogP contribution in [0.15, 0.2) is 54.6 Å². The molecule has 0 saturated carbocycles. The van der Waals surface area contributed by atoms with Gasteiger partial charge in [-0.3, -0.25) is 9.59 Å². The number of rotatable bonds is 8. The number of hydrogen-bond acceptors (Lipinski definition) is 3. The Kier molecular flexibility index (Phi) is 7.37. The van der Waals surface area contributed by atoms with Gasteiger partial charge in [-0.05, 0) is 36.8 Å². The third-order valence-electron chi connectivity index (χ3n) is 4.55. The molecule has 2 rings (SSSR count). The normalized spacial score (nSPS) is 12.7. The third kappa shape index (κ3) is 6.11. The molecule has 6 heteroatoms. The lowest BCUT2D eigenvalue weighted by Gasteiger charge is -2.26. The van der Waals surface area contributed by atoms with E-state index in [1.54, 1.807) is 43.3 Å². The summed E-state index contributed by atoms with van der Waals surface area (Å²) in [4.78, 5) is 27.3. The van der Waals surface area contributed by atoms with Gasteiger partial charge in [-0.1, -0.05) is 30.3 Å². The van der Waals surface area contributed by atoms with Crippen LogP contribution in [0.3, 0.4) is 0 Å². The maximum atomic E-state index is 12.5. The van der Waals surface area contributed by atoms with Gasteiger partial charge < -0.3 is 19.9 Å². The molecule has 0 spiro atoms.